The van der Waals surface area contributed by atoms with Crippen LogP contribution < -0.4 is 15.6 Å². The van der Waals surface area contributed by atoms with Crippen molar-refractivity contribution >= 4 is 12.0 Å². The first kappa shape index (κ1) is 13.2. The van der Waals surface area contributed by atoms with Gasteiger partial charge in [-0.3, -0.25) is 10.2 Å². The Morgan fingerprint density at radius 3 is 2.84 bits per heavy atom. The first-order chi connectivity index (χ1) is 9.28. The molecule has 1 aliphatic rings. The van der Waals surface area contributed by atoms with E-state index >= 15 is 0 Å². The molecule has 1 heterocycles. The van der Waals surface area contributed by atoms with Gasteiger partial charge >= 0.3 is 0 Å². The van der Waals surface area contributed by atoms with Gasteiger partial charge in [0.1, 0.15) is 12.4 Å². The van der Waals surface area contributed by atoms with Crippen molar-refractivity contribution in [2.75, 3.05) is 6.61 Å². The predicted octanol–water partition coefficient (Wildman–Crippen LogP) is 1.49. The van der Waals surface area contributed by atoms with Gasteiger partial charge in [-0.15, -0.1) is 6.42 Å². The molecule has 0 radical (unpaired) electrons. The van der Waals surface area contributed by atoms with Crippen LogP contribution >= 0.6 is 0 Å². The predicted molar refractivity (Wildman–Crippen MR) is 74.1 cm³/mol. The Labute approximate surface area is 112 Å². The maximum Gasteiger partial charge on any atom is 0.234 e. The van der Waals surface area contributed by atoms with Crippen molar-refractivity contribution in [3.8, 4) is 18.1 Å². The summed E-state index contributed by atoms with van der Waals surface area (Å²) in [5.74, 6) is 3.23. The van der Waals surface area contributed by atoms with E-state index in [2.05, 4.69) is 16.8 Å². The Balaban J connectivity index is 1.88. The Morgan fingerprint density at radius 1 is 1.42 bits per heavy atom. The largest absolute Gasteiger partial charge is 0.481 e. The van der Waals surface area contributed by atoms with Gasteiger partial charge in [-0.2, -0.15) is 0 Å². The smallest absolute Gasteiger partial charge is 0.234 e. The third kappa shape index (κ3) is 4.16. The SMILES string of the molecule is C#CCOc1ccc(/C=C/C2CCC(=O)NN2)cc1. The molecular formula is C15H16N2O2. The van der Waals surface area contributed by atoms with Crippen LogP contribution in [0.5, 0.6) is 5.75 Å². The van der Waals surface area contributed by atoms with Crippen molar-refractivity contribution in [3.05, 3.63) is 35.9 Å². The summed E-state index contributed by atoms with van der Waals surface area (Å²) in [5.41, 5.74) is 6.64. The maximum atomic E-state index is 11.0. The van der Waals surface area contributed by atoms with Crippen molar-refractivity contribution in [1.82, 2.24) is 10.9 Å². The summed E-state index contributed by atoms with van der Waals surface area (Å²) < 4.78 is 5.30. The molecular weight excluding hydrogens is 240 g/mol. The fourth-order valence-electron chi connectivity index (χ4n) is 1.77. The summed E-state index contributed by atoms with van der Waals surface area (Å²) in [6.07, 6.45) is 10.5. The summed E-state index contributed by atoms with van der Waals surface area (Å²) in [5, 5.41) is 0. The van der Waals surface area contributed by atoms with Crippen LogP contribution in [0.4, 0.5) is 0 Å². The minimum Gasteiger partial charge on any atom is -0.481 e. The molecule has 1 saturated heterocycles. The molecule has 4 nitrogen and oxygen atoms in total. The first-order valence-corrected chi connectivity index (χ1v) is 6.17. The van der Waals surface area contributed by atoms with Crippen molar-refractivity contribution in [2.24, 2.45) is 0 Å². The van der Waals surface area contributed by atoms with E-state index in [1.54, 1.807) is 0 Å². The van der Waals surface area contributed by atoms with Crippen LogP contribution in [-0.2, 0) is 4.79 Å². The van der Waals surface area contributed by atoms with Crippen LogP contribution in [0.2, 0.25) is 0 Å². The molecule has 1 aliphatic heterocycles. The van der Waals surface area contributed by atoms with E-state index in [4.69, 9.17) is 11.2 Å². The Kier molecular flexibility index (Phi) is 4.60. The molecule has 0 aliphatic carbocycles. The third-order valence-electron chi connectivity index (χ3n) is 2.80. The van der Waals surface area contributed by atoms with Gasteiger partial charge < -0.3 is 4.74 Å². The molecule has 1 amide bonds. The Bertz CT molecular complexity index is 490. The maximum absolute atomic E-state index is 11.0. The van der Waals surface area contributed by atoms with Crippen molar-refractivity contribution < 1.29 is 9.53 Å². The van der Waals surface area contributed by atoms with Crippen LogP contribution in [0.25, 0.3) is 6.08 Å². The number of hydrogen-bond acceptors (Lipinski definition) is 3. The number of amides is 1. The van der Waals surface area contributed by atoms with Crippen LogP contribution in [0.3, 0.4) is 0 Å². The summed E-state index contributed by atoms with van der Waals surface area (Å²) in [7, 11) is 0. The number of carbonyl (C=O) groups excluding carboxylic acids is 1. The van der Waals surface area contributed by atoms with Gasteiger partial charge in [-0.25, -0.2) is 5.43 Å². The number of rotatable bonds is 4. The molecule has 2 N–H and O–H groups in total. The average Bonchev–Trinajstić information content (AvgIpc) is 2.46. The molecule has 1 atom stereocenters. The molecule has 1 fully saturated rings. The number of terminal acetylenes is 1. The van der Waals surface area contributed by atoms with Crippen LogP contribution in [0.1, 0.15) is 18.4 Å². The summed E-state index contributed by atoms with van der Waals surface area (Å²) >= 11 is 0. The quantitative estimate of drug-likeness (QED) is 0.803. The molecule has 1 unspecified atom stereocenters. The van der Waals surface area contributed by atoms with Gasteiger partial charge in [0.2, 0.25) is 5.91 Å². The minimum atomic E-state index is 0.0414. The number of ether oxygens (including phenoxy) is 1. The van der Waals surface area contributed by atoms with Crippen LogP contribution in [0.15, 0.2) is 30.3 Å². The van der Waals surface area contributed by atoms with Gasteiger partial charge in [-0.05, 0) is 24.1 Å². The van der Waals surface area contributed by atoms with E-state index in [0.717, 1.165) is 17.7 Å². The van der Waals surface area contributed by atoms with Gasteiger partial charge in [0.05, 0.1) is 0 Å². The Hall–Kier alpha value is -2.25. The normalized spacial score (nSPS) is 18.9. The lowest BCUT2D eigenvalue weighted by molar-refractivity contribution is -0.123. The van der Waals surface area contributed by atoms with E-state index in [1.165, 1.54) is 0 Å². The van der Waals surface area contributed by atoms with Crippen LogP contribution in [-0.4, -0.2) is 18.6 Å². The third-order valence-corrected chi connectivity index (χ3v) is 2.80. The molecule has 0 spiro atoms. The second kappa shape index (κ2) is 6.62. The van der Waals surface area contributed by atoms with E-state index < -0.39 is 0 Å². The van der Waals surface area contributed by atoms with E-state index in [0.29, 0.717) is 6.42 Å². The highest BCUT2D eigenvalue weighted by molar-refractivity contribution is 5.76. The molecule has 19 heavy (non-hydrogen) atoms. The summed E-state index contributed by atoms with van der Waals surface area (Å²) in [4.78, 5) is 11.0. The zero-order chi connectivity index (χ0) is 13.5. The molecule has 0 aromatic heterocycles. The zero-order valence-corrected chi connectivity index (χ0v) is 10.6. The second-order valence-corrected chi connectivity index (χ2v) is 4.26. The molecule has 1 aromatic rings. The lowest BCUT2D eigenvalue weighted by Gasteiger charge is -2.20. The van der Waals surface area contributed by atoms with Crippen LogP contribution in [0, 0.1) is 12.3 Å². The Morgan fingerprint density at radius 2 is 2.21 bits per heavy atom. The molecule has 4 heteroatoms. The van der Waals surface area contributed by atoms with Gasteiger partial charge in [0.25, 0.3) is 0 Å². The number of hydrogen-bond donors (Lipinski definition) is 2. The minimum absolute atomic E-state index is 0.0414. The molecule has 1 aromatic carbocycles. The highest BCUT2D eigenvalue weighted by atomic mass is 16.5. The summed E-state index contributed by atoms with van der Waals surface area (Å²) in [6, 6.07) is 7.86. The van der Waals surface area contributed by atoms with E-state index in [-0.39, 0.29) is 18.6 Å². The van der Waals surface area contributed by atoms with Crippen molar-refractivity contribution in [1.29, 1.82) is 0 Å². The monoisotopic (exact) mass is 256 g/mol. The topological polar surface area (TPSA) is 50.4 Å². The second-order valence-electron chi connectivity index (χ2n) is 4.26. The van der Waals surface area contributed by atoms with Crippen molar-refractivity contribution in [2.45, 2.75) is 18.9 Å². The number of benzene rings is 1. The first-order valence-electron chi connectivity index (χ1n) is 6.17. The van der Waals surface area contributed by atoms with E-state index in [9.17, 15) is 4.79 Å². The lowest BCUT2D eigenvalue weighted by atomic mass is 10.1. The van der Waals surface area contributed by atoms with Gasteiger partial charge in [0, 0.05) is 12.5 Å². The lowest BCUT2D eigenvalue weighted by Crippen LogP contribution is -2.48. The van der Waals surface area contributed by atoms with Crippen molar-refractivity contribution in [3.63, 3.8) is 0 Å². The standard InChI is InChI=1S/C15H16N2O2/c1-2-11-19-14-8-4-12(5-9-14)3-6-13-7-10-15(18)17-16-13/h1,3-6,8-9,13,16H,7,10-11H2,(H,17,18)/b6-3+. The zero-order valence-electron chi connectivity index (χ0n) is 10.6. The fraction of sp³-hybridized carbons (Fsp3) is 0.267. The molecule has 2 rings (SSSR count). The number of carbonyl (C=O) groups is 1. The van der Waals surface area contributed by atoms with E-state index in [1.807, 2.05) is 36.4 Å². The highest BCUT2D eigenvalue weighted by Gasteiger charge is 2.14. The molecule has 0 bridgehead atoms. The highest BCUT2D eigenvalue weighted by Crippen LogP contribution is 2.14. The number of nitrogens with one attached hydrogen (secondary N) is 2. The molecule has 98 valence electrons. The molecule has 0 saturated carbocycles. The summed E-state index contributed by atoms with van der Waals surface area (Å²) in [6.45, 7) is 0.279. The van der Waals surface area contributed by atoms with Gasteiger partial charge in [0.15, 0.2) is 0 Å². The fourth-order valence-corrected chi connectivity index (χ4v) is 1.77. The number of hydrazine groups is 1. The van der Waals surface area contributed by atoms with Gasteiger partial charge in [-0.1, -0.05) is 30.2 Å². The average molecular weight is 256 g/mol.